The van der Waals surface area contributed by atoms with Gasteiger partial charge in [0.05, 0.1) is 10.8 Å². The lowest BCUT2D eigenvalue weighted by Gasteiger charge is -2.34. The molecule has 1 fully saturated rings. The predicted molar refractivity (Wildman–Crippen MR) is 112 cm³/mol. The number of thiazole rings is 1. The van der Waals surface area contributed by atoms with Crippen molar-refractivity contribution < 1.29 is 14.6 Å². The number of aromatic nitrogens is 1. The van der Waals surface area contributed by atoms with Crippen LogP contribution >= 0.6 is 27.3 Å². The quantitative estimate of drug-likeness (QED) is 0.616. The van der Waals surface area contributed by atoms with Crippen molar-refractivity contribution in [1.82, 2.24) is 4.98 Å². The van der Waals surface area contributed by atoms with Crippen molar-refractivity contribution >= 4 is 33.2 Å². The van der Waals surface area contributed by atoms with Crippen molar-refractivity contribution in [2.75, 3.05) is 0 Å². The van der Waals surface area contributed by atoms with E-state index in [1.54, 1.807) is 0 Å². The van der Waals surface area contributed by atoms with Crippen molar-refractivity contribution in [3.8, 4) is 10.4 Å². The number of hydrogen-bond acceptors (Lipinski definition) is 5. The summed E-state index contributed by atoms with van der Waals surface area (Å²) in [6.45, 7) is 7.70. The van der Waals surface area contributed by atoms with E-state index in [0.717, 1.165) is 19.9 Å². The Kier molecular flexibility index (Phi) is 5.80. The summed E-state index contributed by atoms with van der Waals surface area (Å²) in [6, 6.07) is 6.25. The van der Waals surface area contributed by atoms with Gasteiger partial charge in [0.25, 0.3) is 0 Å². The minimum Gasteiger partial charge on any atom is -0.460 e. The van der Waals surface area contributed by atoms with Crippen molar-refractivity contribution in [2.45, 2.75) is 64.6 Å². The maximum atomic E-state index is 12.3. The molecule has 0 unspecified atom stereocenters. The first-order valence-corrected chi connectivity index (χ1v) is 10.9. The number of nitrogens with zero attached hydrogens (tertiary/aromatic N) is 1. The van der Waals surface area contributed by atoms with Gasteiger partial charge in [0.1, 0.15) is 16.2 Å². The van der Waals surface area contributed by atoms with E-state index in [1.807, 2.05) is 27.0 Å². The molecule has 1 aliphatic rings. The molecule has 2 aromatic rings. The second-order valence-electron chi connectivity index (χ2n) is 8.39. The van der Waals surface area contributed by atoms with Crippen LogP contribution < -0.4 is 0 Å². The number of carbonyl (C=O) groups is 1. The Morgan fingerprint density at radius 3 is 2.56 bits per heavy atom. The number of halogens is 1. The number of esters is 1. The standard InChI is InChI=1S/C21H26BrNO3S/c1-13-9-15(11-16(22)10-13)17-12-23-19(27-17)21(25)7-5-14(6-8-21)18(24)26-20(2,3)4/h9-12,14,25H,5-8H2,1-4H3. The van der Waals surface area contributed by atoms with Crippen molar-refractivity contribution in [3.05, 3.63) is 39.4 Å². The Labute approximate surface area is 173 Å². The maximum Gasteiger partial charge on any atom is 0.309 e. The molecule has 1 N–H and O–H groups in total. The van der Waals surface area contributed by atoms with E-state index < -0.39 is 11.2 Å². The fourth-order valence-corrected chi connectivity index (χ4v) is 5.09. The fraction of sp³-hybridized carbons (Fsp3) is 0.524. The molecule has 0 amide bonds. The number of aliphatic hydroxyl groups is 1. The van der Waals surface area contributed by atoms with E-state index in [4.69, 9.17) is 4.74 Å². The van der Waals surface area contributed by atoms with Gasteiger partial charge in [-0.15, -0.1) is 11.3 Å². The van der Waals surface area contributed by atoms with E-state index in [2.05, 4.69) is 46.0 Å². The van der Waals surface area contributed by atoms with Gasteiger partial charge >= 0.3 is 5.97 Å². The highest BCUT2D eigenvalue weighted by molar-refractivity contribution is 9.10. The third-order valence-electron chi connectivity index (χ3n) is 4.78. The Balaban J connectivity index is 1.71. The molecule has 1 aromatic carbocycles. The molecule has 0 radical (unpaired) electrons. The summed E-state index contributed by atoms with van der Waals surface area (Å²) in [5.41, 5.74) is 0.835. The van der Waals surface area contributed by atoms with Gasteiger partial charge in [0, 0.05) is 10.7 Å². The van der Waals surface area contributed by atoms with Crippen LogP contribution in [0.15, 0.2) is 28.9 Å². The highest BCUT2D eigenvalue weighted by Crippen LogP contribution is 2.43. The number of aryl methyl sites for hydroxylation is 1. The summed E-state index contributed by atoms with van der Waals surface area (Å²) in [4.78, 5) is 17.8. The van der Waals surface area contributed by atoms with Crippen LogP contribution in [0.5, 0.6) is 0 Å². The normalized spacial score (nSPS) is 23.3. The molecule has 3 rings (SSSR count). The van der Waals surface area contributed by atoms with Crippen LogP contribution in [-0.4, -0.2) is 21.7 Å². The zero-order chi connectivity index (χ0) is 19.8. The summed E-state index contributed by atoms with van der Waals surface area (Å²) in [5.74, 6) is -0.300. The average molecular weight is 452 g/mol. The van der Waals surface area contributed by atoms with Gasteiger partial charge in [-0.05, 0) is 76.6 Å². The van der Waals surface area contributed by atoms with Gasteiger partial charge in [0.2, 0.25) is 0 Å². The Morgan fingerprint density at radius 2 is 1.96 bits per heavy atom. The summed E-state index contributed by atoms with van der Waals surface area (Å²) < 4.78 is 6.53. The highest BCUT2D eigenvalue weighted by Gasteiger charge is 2.40. The molecular weight excluding hydrogens is 426 g/mol. The largest absolute Gasteiger partial charge is 0.460 e. The number of benzene rings is 1. The third-order valence-corrected chi connectivity index (χ3v) is 6.48. The Bertz CT molecular complexity index is 812. The van der Waals surface area contributed by atoms with Gasteiger partial charge in [-0.25, -0.2) is 4.98 Å². The molecule has 4 nitrogen and oxygen atoms in total. The third kappa shape index (κ3) is 4.98. The lowest BCUT2D eigenvalue weighted by molar-refractivity contribution is -0.163. The minimum atomic E-state index is -0.956. The van der Waals surface area contributed by atoms with Crippen molar-refractivity contribution in [2.24, 2.45) is 5.92 Å². The van der Waals surface area contributed by atoms with Gasteiger partial charge in [-0.1, -0.05) is 22.0 Å². The van der Waals surface area contributed by atoms with Crippen LogP contribution in [0.2, 0.25) is 0 Å². The molecule has 1 aliphatic carbocycles. The van der Waals surface area contributed by atoms with Gasteiger partial charge in [0.15, 0.2) is 0 Å². The lowest BCUT2D eigenvalue weighted by Crippen LogP contribution is -2.36. The van der Waals surface area contributed by atoms with Crippen LogP contribution in [0.4, 0.5) is 0 Å². The fourth-order valence-electron chi connectivity index (χ4n) is 3.43. The molecule has 0 saturated heterocycles. The molecule has 0 bridgehead atoms. The number of rotatable bonds is 3. The topological polar surface area (TPSA) is 59.4 Å². The van der Waals surface area contributed by atoms with Gasteiger partial charge < -0.3 is 9.84 Å². The molecule has 1 heterocycles. The second-order valence-corrected chi connectivity index (χ2v) is 10.3. The second kappa shape index (κ2) is 7.64. The van der Waals surface area contributed by atoms with Crippen LogP contribution in [0.25, 0.3) is 10.4 Å². The number of carbonyl (C=O) groups excluding carboxylic acids is 1. The molecular formula is C21H26BrNO3S. The summed E-state index contributed by atoms with van der Waals surface area (Å²) >= 11 is 5.07. The highest BCUT2D eigenvalue weighted by atomic mass is 79.9. The lowest BCUT2D eigenvalue weighted by atomic mass is 9.79. The first-order chi connectivity index (χ1) is 12.6. The van der Waals surface area contributed by atoms with Crippen LogP contribution in [-0.2, 0) is 15.1 Å². The van der Waals surface area contributed by atoms with E-state index in [1.165, 1.54) is 16.9 Å². The van der Waals surface area contributed by atoms with E-state index in [0.29, 0.717) is 25.7 Å². The minimum absolute atomic E-state index is 0.142. The number of ether oxygens (including phenoxy) is 1. The maximum absolute atomic E-state index is 12.3. The predicted octanol–water partition coefficient (Wildman–Crippen LogP) is 5.60. The van der Waals surface area contributed by atoms with Gasteiger partial charge in [-0.2, -0.15) is 0 Å². The Hall–Kier alpha value is -1.24. The molecule has 146 valence electrons. The van der Waals surface area contributed by atoms with Crippen LogP contribution in [0.1, 0.15) is 57.0 Å². The van der Waals surface area contributed by atoms with Crippen molar-refractivity contribution in [3.63, 3.8) is 0 Å². The summed E-state index contributed by atoms with van der Waals surface area (Å²) in [5, 5.41) is 11.9. The Morgan fingerprint density at radius 1 is 1.30 bits per heavy atom. The zero-order valence-electron chi connectivity index (χ0n) is 16.2. The molecule has 1 aromatic heterocycles. The summed E-state index contributed by atoms with van der Waals surface area (Å²) in [7, 11) is 0. The van der Waals surface area contributed by atoms with E-state index in [9.17, 15) is 9.90 Å². The van der Waals surface area contributed by atoms with Crippen LogP contribution in [0, 0.1) is 12.8 Å². The SMILES string of the molecule is Cc1cc(Br)cc(-c2cnc(C3(O)CCC(C(=O)OC(C)(C)C)CC3)s2)c1. The molecule has 1 saturated carbocycles. The van der Waals surface area contributed by atoms with Crippen molar-refractivity contribution in [1.29, 1.82) is 0 Å². The first-order valence-electron chi connectivity index (χ1n) is 9.25. The number of hydrogen-bond donors (Lipinski definition) is 1. The monoisotopic (exact) mass is 451 g/mol. The molecule has 0 aliphatic heterocycles. The smallest absolute Gasteiger partial charge is 0.309 e. The molecule has 0 spiro atoms. The molecule has 0 atom stereocenters. The average Bonchev–Trinajstić information content (AvgIpc) is 3.03. The van der Waals surface area contributed by atoms with E-state index in [-0.39, 0.29) is 11.9 Å². The van der Waals surface area contributed by atoms with Gasteiger partial charge in [-0.3, -0.25) is 4.79 Å². The zero-order valence-corrected chi connectivity index (χ0v) is 18.6. The molecule has 6 heteroatoms. The molecule has 27 heavy (non-hydrogen) atoms. The summed E-state index contributed by atoms with van der Waals surface area (Å²) in [6.07, 6.45) is 4.13. The van der Waals surface area contributed by atoms with Crippen LogP contribution in [0.3, 0.4) is 0 Å². The van der Waals surface area contributed by atoms with E-state index >= 15 is 0 Å². The first kappa shape index (κ1) is 20.5.